The SMILES string of the molecule is CNC(=O)c1sc2nc(C)c(Cl)c(C)c2c1-c1cnn(C)c1. The number of thiophene rings is 1. The number of pyridine rings is 1. The number of aromatic nitrogens is 3. The molecule has 0 aliphatic rings. The molecular formula is C15H15ClN4OS. The first kappa shape index (κ1) is 15.0. The molecule has 0 unspecified atom stereocenters. The summed E-state index contributed by atoms with van der Waals surface area (Å²) in [6.45, 7) is 3.83. The van der Waals surface area contributed by atoms with E-state index in [2.05, 4.69) is 15.4 Å². The molecule has 0 saturated carbocycles. The number of amides is 1. The minimum absolute atomic E-state index is 0.130. The van der Waals surface area contributed by atoms with Crippen LogP contribution in [0.25, 0.3) is 21.3 Å². The van der Waals surface area contributed by atoms with Crippen molar-refractivity contribution < 1.29 is 4.79 Å². The van der Waals surface area contributed by atoms with Crippen molar-refractivity contribution in [1.82, 2.24) is 20.1 Å². The Bertz CT molecular complexity index is 897. The lowest BCUT2D eigenvalue weighted by atomic mass is 10.0. The molecule has 1 amide bonds. The summed E-state index contributed by atoms with van der Waals surface area (Å²) in [6.07, 6.45) is 3.64. The molecule has 0 bridgehead atoms. The van der Waals surface area contributed by atoms with Crippen LogP contribution in [0.1, 0.15) is 20.9 Å². The second-order valence-corrected chi connectivity index (χ2v) is 6.48. The van der Waals surface area contributed by atoms with Crippen LogP contribution in [0.2, 0.25) is 5.02 Å². The van der Waals surface area contributed by atoms with Crippen LogP contribution in [0.4, 0.5) is 0 Å². The van der Waals surface area contributed by atoms with E-state index in [-0.39, 0.29) is 5.91 Å². The van der Waals surface area contributed by atoms with Crippen LogP contribution >= 0.6 is 22.9 Å². The van der Waals surface area contributed by atoms with Gasteiger partial charge in [0.1, 0.15) is 9.71 Å². The van der Waals surface area contributed by atoms with Gasteiger partial charge in [0.25, 0.3) is 5.91 Å². The predicted molar refractivity (Wildman–Crippen MR) is 89.7 cm³/mol. The van der Waals surface area contributed by atoms with Crippen LogP contribution in [-0.4, -0.2) is 27.7 Å². The number of hydrogen-bond donors (Lipinski definition) is 1. The van der Waals surface area contributed by atoms with Gasteiger partial charge in [-0.05, 0) is 19.4 Å². The smallest absolute Gasteiger partial charge is 0.261 e. The molecule has 114 valence electrons. The largest absolute Gasteiger partial charge is 0.354 e. The van der Waals surface area contributed by atoms with Crippen molar-refractivity contribution in [3.63, 3.8) is 0 Å². The Labute approximate surface area is 136 Å². The average Bonchev–Trinajstić information content (AvgIpc) is 3.07. The Morgan fingerprint density at radius 2 is 2.14 bits per heavy atom. The molecule has 0 spiro atoms. The van der Waals surface area contributed by atoms with Gasteiger partial charge in [-0.1, -0.05) is 11.6 Å². The Hall–Kier alpha value is -1.92. The summed E-state index contributed by atoms with van der Waals surface area (Å²) in [4.78, 5) is 18.3. The molecule has 0 atom stereocenters. The third-order valence-corrected chi connectivity index (χ3v) is 5.25. The molecular weight excluding hydrogens is 320 g/mol. The van der Waals surface area contributed by atoms with Crippen LogP contribution in [0.5, 0.6) is 0 Å². The second kappa shape index (κ2) is 5.37. The van der Waals surface area contributed by atoms with Crippen molar-refractivity contribution in [2.75, 3.05) is 7.05 Å². The maximum Gasteiger partial charge on any atom is 0.261 e. The monoisotopic (exact) mass is 334 g/mol. The van der Waals surface area contributed by atoms with Crippen LogP contribution in [-0.2, 0) is 7.05 Å². The summed E-state index contributed by atoms with van der Waals surface area (Å²) in [5, 5.41) is 8.46. The van der Waals surface area contributed by atoms with E-state index in [1.807, 2.05) is 27.1 Å². The molecule has 1 N–H and O–H groups in total. The van der Waals surface area contributed by atoms with Gasteiger partial charge in [-0.25, -0.2) is 4.98 Å². The third kappa shape index (κ3) is 2.19. The summed E-state index contributed by atoms with van der Waals surface area (Å²) in [6, 6.07) is 0. The molecule has 7 heteroatoms. The highest BCUT2D eigenvalue weighted by molar-refractivity contribution is 7.21. The van der Waals surface area contributed by atoms with Crippen LogP contribution in [0, 0.1) is 13.8 Å². The lowest BCUT2D eigenvalue weighted by molar-refractivity contribution is 0.0967. The van der Waals surface area contributed by atoms with Gasteiger partial charge in [0, 0.05) is 36.8 Å². The van der Waals surface area contributed by atoms with Gasteiger partial charge in [-0.2, -0.15) is 5.10 Å². The van der Waals surface area contributed by atoms with E-state index in [4.69, 9.17) is 11.6 Å². The number of fused-ring (bicyclic) bond motifs is 1. The number of hydrogen-bond acceptors (Lipinski definition) is 4. The normalized spacial score (nSPS) is 11.1. The first-order valence-corrected chi connectivity index (χ1v) is 7.93. The number of carbonyl (C=O) groups is 1. The molecule has 22 heavy (non-hydrogen) atoms. The fourth-order valence-electron chi connectivity index (χ4n) is 2.53. The van der Waals surface area contributed by atoms with E-state index < -0.39 is 0 Å². The molecule has 3 aromatic rings. The summed E-state index contributed by atoms with van der Waals surface area (Å²) in [5.41, 5.74) is 3.44. The minimum atomic E-state index is -0.130. The second-order valence-electron chi connectivity index (χ2n) is 5.10. The topological polar surface area (TPSA) is 59.8 Å². The van der Waals surface area contributed by atoms with Crippen LogP contribution < -0.4 is 5.32 Å². The molecule has 3 rings (SSSR count). The fourth-order valence-corrected chi connectivity index (χ4v) is 3.91. The van der Waals surface area contributed by atoms with E-state index in [0.717, 1.165) is 32.6 Å². The van der Waals surface area contributed by atoms with Crippen LogP contribution in [0.3, 0.4) is 0 Å². The van der Waals surface area contributed by atoms with E-state index in [1.165, 1.54) is 11.3 Å². The Morgan fingerprint density at radius 3 is 2.73 bits per heavy atom. The predicted octanol–water partition coefficient (Wildman–Crippen LogP) is 3.33. The number of carbonyl (C=O) groups excluding carboxylic acids is 1. The Morgan fingerprint density at radius 1 is 1.41 bits per heavy atom. The van der Waals surface area contributed by atoms with Crippen molar-refractivity contribution in [2.45, 2.75) is 13.8 Å². The highest BCUT2D eigenvalue weighted by atomic mass is 35.5. The Kier molecular flexibility index (Phi) is 3.66. The third-order valence-electron chi connectivity index (χ3n) is 3.61. The van der Waals surface area contributed by atoms with Crippen molar-refractivity contribution >= 4 is 39.1 Å². The summed E-state index contributed by atoms with van der Waals surface area (Å²) < 4.78 is 1.71. The fraction of sp³-hybridized carbons (Fsp3) is 0.267. The first-order chi connectivity index (χ1) is 10.4. The quantitative estimate of drug-likeness (QED) is 0.782. The van der Waals surface area contributed by atoms with Gasteiger partial charge >= 0.3 is 0 Å². The number of aryl methyl sites for hydroxylation is 3. The maximum absolute atomic E-state index is 12.3. The number of rotatable bonds is 2. The lowest BCUT2D eigenvalue weighted by Gasteiger charge is -2.06. The molecule has 0 radical (unpaired) electrons. The molecule has 0 aliphatic heterocycles. The highest BCUT2D eigenvalue weighted by Gasteiger charge is 2.23. The molecule has 0 aromatic carbocycles. The van der Waals surface area contributed by atoms with Gasteiger partial charge in [0.15, 0.2) is 0 Å². The average molecular weight is 335 g/mol. The first-order valence-electron chi connectivity index (χ1n) is 6.74. The highest BCUT2D eigenvalue weighted by Crippen LogP contribution is 2.41. The molecule has 0 saturated heterocycles. The zero-order valence-corrected chi connectivity index (χ0v) is 14.3. The van der Waals surface area contributed by atoms with Crippen molar-refractivity contribution in [2.24, 2.45) is 7.05 Å². The molecule has 0 fully saturated rings. The molecule has 3 aromatic heterocycles. The number of nitrogens with one attached hydrogen (secondary N) is 1. The van der Waals surface area contributed by atoms with Gasteiger partial charge in [0.2, 0.25) is 0 Å². The van der Waals surface area contributed by atoms with Crippen LogP contribution in [0.15, 0.2) is 12.4 Å². The van der Waals surface area contributed by atoms with Gasteiger partial charge < -0.3 is 5.32 Å². The van der Waals surface area contributed by atoms with Crippen molar-refractivity contribution in [3.05, 3.63) is 33.6 Å². The zero-order chi connectivity index (χ0) is 16.0. The van der Waals surface area contributed by atoms with E-state index in [0.29, 0.717) is 9.90 Å². The summed E-state index contributed by atoms with van der Waals surface area (Å²) in [7, 11) is 3.47. The van der Waals surface area contributed by atoms with Gasteiger partial charge in [-0.3, -0.25) is 9.48 Å². The molecule has 3 heterocycles. The number of nitrogens with zero attached hydrogens (tertiary/aromatic N) is 3. The molecule has 5 nitrogen and oxygen atoms in total. The van der Waals surface area contributed by atoms with E-state index >= 15 is 0 Å². The summed E-state index contributed by atoms with van der Waals surface area (Å²) >= 11 is 7.74. The van der Waals surface area contributed by atoms with Gasteiger partial charge in [-0.15, -0.1) is 11.3 Å². The number of halogens is 1. The maximum atomic E-state index is 12.3. The minimum Gasteiger partial charge on any atom is -0.354 e. The Balaban J connectivity index is 2.44. The standard InChI is InChI=1S/C15H15ClN4OS/c1-7-10-11(9-5-18-20(4)6-9)13(14(21)17-3)22-15(10)19-8(2)12(7)16/h5-6H,1-4H3,(H,17,21). The van der Waals surface area contributed by atoms with E-state index in [9.17, 15) is 4.79 Å². The van der Waals surface area contributed by atoms with Crippen molar-refractivity contribution in [1.29, 1.82) is 0 Å². The van der Waals surface area contributed by atoms with Crippen molar-refractivity contribution in [3.8, 4) is 11.1 Å². The van der Waals surface area contributed by atoms with Gasteiger partial charge in [0.05, 0.1) is 16.9 Å². The lowest BCUT2D eigenvalue weighted by Crippen LogP contribution is -2.17. The van der Waals surface area contributed by atoms with E-state index in [1.54, 1.807) is 17.9 Å². The molecule has 0 aliphatic carbocycles. The zero-order valence-electron chi connectivity index (χ0n) is 12.7. The summed E-state index contributed by atoms with van der Waals surface area (Å²) in [5.74, 6) is -0.130.